The maximum absolute atomic E-state index is 13.9. The lowest BCUT2D eigenvalue weighted by Crippen LogP contribution is -2.34. The van der Waals surface area contributed by atoms with Gasteiger partial charge >= 0.3 is 0 Å². The molecule has 34 heavy (non-hydrogen) atoms. The van der Waals surface area contributed by atoms with Crippen LogP contribution in [0.15, 0.2) is 54.9 Å². The predicted octanol–water partition coefficient (Wildman–Crippen LogP) is 5.04. The van der Waals surface area contributed by atoms with Crippen LogP contribution in [0.25, 0.3) is 10.2 Å². The summed E-state index contributed by atoms with van der Waals surface area (Å²) in [6, 6.07) is 13.2. The normalized spacial score (nSPS) is 10.9. The Bertz CT molecular complexity index is 1180. The van der Waals surface area contributed by atoms with E-state index < -0.39 is 0 Å². The maximum atomic E-state index is 13.9. The van der Waals surface area contributed by atoms with Crippen LogP contribution in [0.5, 0.6) is 17.2 Å². The van der Waals surface area contributed by atoms with E-state index in [0.717, 1.165) is 10.2 Å². The Kier molecular flexibility index (Phi) is 7.64. The van der Waals surface area contributed by atoms with Crippen molar-refractivity contribution in [1.82, 2.24) is 14.8 Å². The molecule has 178 valence electrons. The van der Waals surface area contributed by atoms with Crippen molar-refractivity contribution in [2.75, 3.05) is 31.3 Å². The number of carbonyl (C=O) groups is 1. The molecule has 0 saturated carbocycles. The van der Waals surface area contributed by atoms with E-state index >= 15 is 0 Å². The Balaban J connectivity index is 1.75. The monoisotopic (exact) mass is 480 g/mol. The van der Waals surface area contributed by atoms with Crippen LogP contribution in [-0.4, -0.2) is 47.0 Å². The van der Waals surface area contributed by atoms with Gasteiger partial charge in [0.25, 0.3) is 5.91 Å². The van der Waals surface area contributed by atoms with Crippen molar-refractivity contribution in [2.45, 2.75) is 27.3 Å². The van der Waals surface area contributed by atoms with E-state index in [9.17, 15) is 4.79 Å². The van der Waals surface area contributed by atoms with Crippen molar-refractivity contribution in [3.63, 3.8) is 0 Å². The van der Waals surface area contributed by atoms with Gasteiger partial charge in [0, 0.05) is 24.5 Å². The van der Waals surface area contributed by atoms with E-state index in [1.807, 2.05) is 57.3 Å². The number of carbonyl (C=O) groups excluding carboxylic acids is 1. The number of nitrogens with zero attached hydrogens (tertiary/aromatic N) is 4. The van der Waals surface area contributed by atoms with E-state index in [1.54, 1.807) is 27.9 Å². The average Bonchev–Trinajstić information content (AvgIpc) is 3.51. The van der Waals surface area contributed by atoms with E-state index in [1.165, 1.54) is 11.3 Å². The highest BCUT2D eigenvalue weighted by atomic mass is 32.1. The van der Waals surface area contributed by atoms with Gasteiger partial charge in [-0.3, -0.25) is 14.4 Å². The second-order valence-electron chi connectivity index (χ2n) is 7.29. The smallest absolute Gasteiger partial charge is 0.260 e. The number of aromatic nitrogens is 3. The Morgan fingerprint density at radius 1 is 1.00 bits per heavy atom. The molecule has 2 aromatic carbocycles. The van der Waals surface area contributed by atoms with E-state index in [4.69, 9.17) is 19.2 Å². The molecule has 0 fully saturated rings. The Morgan fingerprint density at radius 3 is 2.32 bits per heavy atom. The number of para-hydroxylation sites is 1. The van der Waals surface area contributed by atoms with Gasteiger partial charge < -0.3 is 14.2 Å². The maximum Gasteiger partial charge on any atom is 0.260 e. The summed E-state index contributed by atoms with van der Waals surface area (Å²) in [4.78, 5) is 20.3. The van der Waals surface area contributed by atoms with Gasteiger partial charge in [-0.1, -0.05) is 23.5 Å². The van der Waals surface area contributed by atoms with Gasteiger partial charge in [0.05, 0.1) is 36.6 Å². The molecule has 0 radical (unpaired) electrons. The third-order valence-corrected chi connectivity index (χ3v) is 6.09. The standard InChI is InChI=1S/C25H28N4O4S/c1-4-31-20-16-18(17-21(32-5-2)23(20)33-6-3)24(30)29(15-14-28-13-9-12-26-28)25-27-19-10-7-8-11-22(19)34-25/h7-13,16-17H,4-6,14-15H2,1-3H3. The van der Waals surface area contributed by atoms with Crippen LogP contribution in [0.2, 0.25) is 0 Å². The molecule has 0 bridgehead atoms. The number of hydrogen-bond donors (Lipinski definition) is 0. The molecule has 9 heteroatoms. The minimum absolute atomic E-state index is 0.198. The molecule has 0 aliphatic rings. The molecular formula is C25H28N4O4S. The molecule has 0 spiro atoms. The molecule has 2 aromatic heterocycles. The van der Waals surface area contributed by atoms with Crippen molar-refractivity contribution in [1.29, 1.82) is 0 Å². The minimum Gasteiger partial charge on any atom is -0.490 e. The summed E-state index contributed by atoms with van der Waals surface area (Å²) >= 11 is 1.48. The van der Waals surface area contributed by atoms with Crippen molar-refractivity contribution in [3.8, 4) is 17.2 Å². The number of ether oxygens (including phenoxy) is 3. The zero-order valence-electron chi connectivity index (χ0n) is 19.6. The zero-order valence-corrected chi connectivity index (χ0v) is 20.4. The number of hydrogen-bond acceptors (Lipinski definition) is 7. The van der Waals surface area contributed by atoms with E-state index in [0.29, 0.717) is 60.9 Å². The van der Waals surface area contributed by atoms with Crippen molar-refractivity contribution in [3.05, 3.63) is 60.4 Å². The van der Waals surface area contributed by atoms with Crippen LogP contribution in [0, 0.1) is 0 Å². The summed E-state index contributed by atoms with van der Waals surface area (Å²) in [5.74, 6) is 1.27. The minimum atomic E-state index is -0.198. The Morgan fingerprint density at radius 2 is 1.71 bits per heavy atom. The highest BCUT2D eigenvalue weighted by molar-refractivity contribution is 7.22. The van der Waals surface area contributed by atoms with Gasteiger partial charge in [-0.15, -0.1) is 0 Å². The summed E-state index contributed by atoms with van der Waals surface area (Å²) in [5.41, 5.74) is 1.30. The van der Waals surface area contributed by atoms with Crippen LogP contribution < -0.4 is 19.1 Å². The summed E-state index contributed by atoms with van der Waals surface area (Å²) < 4.78 is 20.2. The van der Waals surface area contributed by atoms with Crippen LogP contribution in [0.3, 0.4) is 0 Å². The third-order valence-electron chi connectivity index (χ3n) is 5.03. The lowest BCUT2D eigenvalue weighted by molar-refractivity contribution is 0.0984. The summed E-state index contributed by atoms with van der Waals surface area (Å²) in [6.07, 6.45) is 3.59. The molecule has 2 heterocycles. The first-order valence-electron chi connectivity index (χ1n) is 11.4. The third kappa shape index (κ3) is 5.14. The van der Waals surface area contributed by atoms with Crippen LogP contribution >= 0.6 is 11.3 Å². The number of amides is 1. The van der Waals surface area contributed by atoms with Gasteiger partial charge in [0.15, 0.2) is 16.6 Å². The molecule has 4 rings (SSSR count). The van der Waals surface area contributed by atoms with E-state index in [-0.39, 0.29) is 5.91 Å². The molecular weight excluding hydrogens is 452 g/mol. The molecule has 1 amide bonds. The van der Waals surface area contributed by atoms with Gasteiger partial charge in [0.1, 0.15) is 0 Å². The number of rotatable bonds is 11. The fourth-order valence-electron chi connectivity index (χ4n) is 3.56. The molecule has 0 unspecified atom stereocenters. The molecule has 0 aliphatic heterocycles. The number of anilines is 1. The highest BCUT2D eigenvalue weighted by Gasteiger charge is 2.25. The predicted molar refractivity (Wildman–Crippen MR) is 133 cm³/mol. The first kappa shape index (κ1) is 23.6. The topological polar surface area (TPSA) is 78.7 Å². The van der Waals surface area contributed by atoms with E-state index in [2.05, 4.69) is 5.10 Å². The lowest BCUT2D eigenvalue weighted by Gasteiger charge is -2.22. The van der Waals surface area contributed by atoms with Crippen LogP contribution in [0.4, 0.5) is 5.13 Å². The second-order valence-corrected chi connectivity index (χ2v) is 8.30. The Labute approximate surface area is 202 Å². The fraction of sp³-hybridized carbons (Fsp3) is 0.320. The first-order chi connectivity index (χ1) is 16.6. The SMILES string of the molecule is CCOc1cc(C(=O)N(CCn2cccn2)c2nc3ccccc3s2)cc(OCC)c1OCC. The molecule has 0 saturated heterocycles. The molecule has 4 aromatic rings. The molecule has 0 atom stereocenters. The molecule has 0 N–H and O–H groups in total. The quantitative estimate of drug-likeness (QED) is 0.299. The fourth-order valence-corrected chi connectivity index (χ4v) is 4.55. The largest absolute Gasteiger partial charge is 0.490 e. The summed E-state index contributed by atoms with van der Waals surface area (Å²) in [5, 5.41) is 4.90. The number of benzene rings is 2. The lowest BCUT2D eigenvalue weighted by atomic mass is 10.1. The summed E-state index contributed by atoms with van der Waals surface area (Å²) in [6.45, 7) is 7.94. The van der Waals surface area contributed by atoms with Gasteiger partial charge in [-0.25, -0.2) is 4.98 Å². The Hall–Kier alpha value is -3.59. The summed E-state index contributed by atoms with van der Waals surface area (Å²) in [7, 11) is 0. The highest BCUT2D eigenvalue weighted by Crippen LogP contribution is 2.40. The number of fused-ring (bicyclic) bond motifs is 1. The average molecular weight is 481 g/mol. The van der Waals surface area contributed by atoms with Crippen LogP contribution in [-0.2, 0) is 6.54 Å². The second kappa shape index (κ2) is 11.0. The zero-order chi connectivity index (χ0) is 23.9. The molecule has 8 nitrogen and oxygen atoms in total. The van der Waals surface area contributed by atoms with Gasteiger partial charge in [-0.2, -0.15) is 5.10 Å². The van der Waals surface area contributed by atoms with Crippen LogP contribution in [0.1, 0.15) is 31.1 Å². The van der Waals surface area contributed by atoms with Crippen molar-refractivity contribution < 1.29 is 19.0 Å². The van der Waals surface area contributed by atoms with Gasteiger partial charge in [-0.05, 0) is 51.1 Å². The first-order valence-corrected chi connectivity index (χ1v) is 12.2. The molecule has 0 aliphatic carbocycles. The number of thiazole rings is 1. The van der Waals surface area contributed by atoms with Crippen molar-refractivity contribution >= 4 is 32.6 Å². The van der Waals surface area contributed by atoms with Gasteiger partial charge in [0.2, 0.25) is 5.75 Å². The van der Waals surface area contributed by atoms with Crippen molar-refractivity contribution in [2.24, 2.45) is 0 Å².